The van der Waals surface area contributed by atoms with Crippen LogP contribution in [0, 0.1) is 5.82 Å². The summed E-state index contributed by atoms with van der Waals surface area (Å²) in [6.07, 6.45) is 0. The zero-order valence-electron chi connectivity index (χ0n) is 13.2. The summed E-state index contributed by atoms with van der Waals surface area (Å²) >= 11 is 1.20. The minimum Gasteiger partial charge on any atom is -0.497 e. The SMILES string of the molecule is COc1cccc(C(=O)Nc2nnc(COc3ccc(F)cc3)s2)c1. The molecule has 0 bridgehead atoms. The van der Waals surface area contributed by atoms with Crippen molar-refractivity contribution in [2.24, 2.45) is 0 Å². The van der Waals surface area contributed by atoms with Crippen molar-refractivity contribution in [1.29, 1.82) is 0 Å². The van der Waals surface area contributed by atoms with Gasteiger partial charge in [-0.1, -0.05) is 17.4 Å². The highest BCUT2D eigenvalue weighted by Crippen LogP contribution is 2.20. The molecule has 0 atom stereocenters. The molecule has 0 spiro atoms. The Morgan fingerprint density at radius 2 is 1.96 bits per heavy atom. The smallest absolute Gasteiger partial charge is 0.257 e. The third kappa shape index (κ3) is 4.51. The first kappa shape index (κ1) is 16.8. The number of rotatable bonds is 6. The number of carbonyl (C=O) groups excluding carboxylic acids is 1. The molecule has 3 rings (SSSR count). The van der Waals surface area contributed by atoms with Crippen LogP contribution in [0.1, 0.15) is 15.4 Å². The predicted octanol–water partition coefficient (Wildman–Crippen LogP) is 3.52. The number of anilines is 1. The van der Waals surface area contributed by atoms with Crippen LogP contribution < -0.4 is 14.8 Å². The molecule has 1 N–H and O–H groups in total. The van der Waals surface area contributed by atoms with Crippen molar-refractivity contribution in [2.75, 3.05) is 12.4 Å². The Labute approximate surface area is 147 Å². The standard InChI is InChI=1S/C17H14FN3O3S/c1-23-14-4-2-3-11(9-14)16(22)19-17-21-20-15(25-17)10-24-13-7-5-12(18)6-8-13/h2-9H,10H2,1H3,(H,19,21,22). The fourth-order valence-corrected chi connectivity index (χ4v) is 2.62. The van der Waals surface area contributed by atoms with E-state index in [0.717, 1.165) is 0 Å². The van der Waals surface area contributed by atoms with Gasteiger partial charge in [0.1, 0.15) is 23.9 Å². The van der Waals surface area contributed by atoms with Crippen molar-refractivity contribution in [3.8, 4) is 11.5 Å². The van der Waals surface area contributed by atoms with Gasteiger partial charge in [0.2, 0.25) is 5.13 Å². The Morgan fingerprint density at radius 1 is 1.16 bits per heavy atom. The highest BCUT2D eigenvalue weighted by molar-refractivity contribution is 7.15. The molecule has 0 unspecified atom stereocenters. The largest absolute Gasteiger partial charge is 0.497 e. The fourth-order valence-electron chi connectivity index (χ4n) is 1.97. The number of nitrogens with one attached hydrogen (secondary N) is 1. The van der Waals surface area contributed by atoms with Gasteiger partial charge >= 0.3 is 0 Å². The number of nitrogens with zero attached hydrogens (tertiary/aromatic N) is 2. The van der Waals surface area contributed by atoms with Gasteiger partial charge in [-0.15, -0.1) is 10.2 Å². The second-order valence-corrected chi connectivity index (χ2v) is 5.99. The van der Waals surface area contributed by atoms with E-state index in [-0.39, 0.29) is 18.3 Å². The van der Waals surface area contributed by atoms with E-state index in [9.17, 15) is 9.18 Å². The summed E-state index contributed by atoms with van der Waals surface area (Å²) in [4.78, 5) is 12.2. The number of halogens is 1. The third-order valence-corrected chi connectivity index (χ3v) is 4.01. The van der Waals surface area contributed by atoms with Crippen LogP contribution in [-0.4, -0.2) is 23.2 Å². The van der Waals surface area contributed by atoms with Crippen LogP contribution in [0.2, 0.25) is 0 Å². The number of hydrogen-bond acceptors (Lipinski definition) is 6. The van der Waals surface area contributed by atoms with Crippen LogP contribution in [0.25, 0.3) is 0 Å². The maximum Gasteiger partial charge on any atom is 0.257 e. The molecule has 128 valence electrons. The molecule has 1 heterocycles. The monoisotopic (exact) mass is 359 g/mol. The summed E-state index contributed by atoms with van der Waals surface area (Å²) in [5.41, 5.74) is 0.457. The van der Waals surface area contributed by atoms with E-state index in [2.05, 4.69) is 15.5 Å². The van der Waals surface area contributed by atoms with E-state index >= 15 is 0 Å². The van der Waals surface area contributed by atoms with Crippen molar-refractivity contribution in [1.82, 2.24) is 10.2 Å². The lowest BCUT2D eigenvalue weighted by atomic mass is 10.2. The van der Waals surface area contributed by atoms with Crippen molar-refractivity contribution >= 4 is 22.4 Å². The molecule has 0 saturated carbocycles. The summed E-state index contributed by atoms with van der Waals surface area (Å²) in [6, 6.07) is 12.5. The van der Waals surface area contributed by atoms with Crippen molar-refractivity contribution in [2.45, 2.75) is 6.61 Å². The molecule has 8 heteroatoms. The first-order chi connectivity index (χ1) is 12.1. The minimum atomic E-state index is -0.328. The lowest BCUT2D eigenvalue weighted by Crippen LogP contribution is -2.11. The Kier molecular flexibility index (Phi) is 5.20. The zero-order valence-corrected chi connectivity index (χ0v) is 14.0. The van der Waals surface area contributed by atoms with Crippen molar-refractivity contribution in [3.63, 3.8) is 0 Å². The molecule has 0 aliphatic heterocycles. The van der Waals surface area contributed by atoms with Gasteiger partial charge in [-0.05, 0) is 42.5 Å². The van der Waals surface area contributed by atoms with E-state index in [1.54, 1.807) is 24.3 Å². The summed E-state index contributed by atoms with van der Waals surface area (Å²) in [5, 5.41) is 11.5. The Morgan fingerprint density at radius 3 is 2.72 bits per heavy atom. The lowest BCUT2D eigenvalue weighted by molar-refractivity contribution is 0.102. The van der Waals surface area contributed by atoms with E-state index in [1.807, 2.05) is 0 Å². The van der Waals surface area contributed by atoms with Gasteiger partial charge in [0, 0.05) is 5.56 Å². The van der Waals surface area contributed by atoms with Crippen LogP contribution in [0.15, 0.2) is 48.5 Å². The number of amides is 1. The number of hydrogen-bond donors (Lipinski definition) is 1. The topological polar surface area (TPSA) is 73.3 Å². The lowest BCUT2D eigenvalue weighted by Gasteiger charge is -2.04. The molecule has 0 saturated heterocycles. The zero-order chi connectivity index (χ0) is 17.6. The van der Waals surface area contributed by atoms with Crippen LogP contribution in [0.3, 0.4) is 0 Å². The quantitative estimate of drug-likeness (QED) is 0.729. The van der Waals surface area contributed by atoms with Gasteiger partial charge in [0.25, 0.3) is 5.91 Å². The molecule has 1 aromatic heterocycles. The van der Waals surface area contributed by atoms with E-state index < -0.39 is 0 Å². The number of aromatic nitrogens is 2. The second kappa shape index (κ2) is 7.71. The minimum absolute atomic E-state index is 0.179. The average Bonchev–Trinajstić information content (AvgIpc) is 3.08. The predicted molar refractivity (Wildman–Crippen MR) is 91.6 cm³/mol. The van der Waals surface area contributed by atoms with Gasteiger partial charge < -0.3 is 9.47 Å². The highest BCUT2D eigenvalue weighted by atomic mass is 32.1. The van der Waals surface area contributed by atoms with E-state index in [4.69, 9.17) is 9.47 Å². The number of carbonyl (C=O) groups is 1. The number of ether oxygens (including phenoxy) is 2. The molecule has 2 aromatic carbocycles. The highest BCUT2D eigenvalue weighted by Gasteiger charge is 2.11. The maximum absolute atomic E-state index is 12.8. The average molecular weight is 359 g/mol. The fraction of sp³-hybridized carbons (Fsp3) is 0.118. The van der Waals surface area contributed by atoms with Crippen LogP contribution in [0.5, 0.6) is 11.5 Å². The Balaban J connectivity index is 1.59. The molecular weight excluding hydrogens is 345 g/mol. The Hall–Kier alpha value is -3.00. The summed E-state index contributed by atoms with van der Waals surface area (Å²) < 4.78 is 23.4. The first-order valence-corrected chi connectivity index (χ1v) is 8.12. The first-order valence-electron chi connectivity index (χ1n) is 7.30. The summed E-state index contributed by atoms with van der Waals surface area (Å²) in [5.74, 6) is 0.490. The van der Waals surface area contributed by atoms with Gasteiger partial charge in [-0.3, -0.25) is 10.1 Å². The van der Waals surface area contributed by atoms with Crippen LogP contribution >= 0.6 is 11.3 Å². The normalized spacial score (nSPS) is 10.3. The molecule has 1 amide bonds. The molecular formula is C17H14FN3O3S. The van der Waals surface area contributed by atoms with Crippen molar-refractivity contribution in [3.05, 3.63) is 64.9 Å². The van der Waals surface area contributed by atoms with Crippen LogP contribution in [-0.2, 0) is 6.61 Å². The van der Waals surface area contributed by atoms with Gasteiger partial charge in [-0.2, -0.15) is 0 Å². The van der Waals surface area contributed by atoms with Gasteiger partial charge in [0.05, 0.1) is 7.11 Å². The molecule has 3 aromatic rings. The number of benzene rings is 2. The second-order valence-electron chi connectivity index (χ2n) is 4.93. The molecule has 0 aliphatic rings. The molecule has 0 aliphatic carbocycles. The van der Waals surface area contributed by atoms with E-state index in [1.165, 1.54) is 42.7 Å². The number of methoxy groups -OCH3 is 1. The van der Waals surface area contributed by atoms with Gasteiger partial charge in [0.15, 0.2) is 5.01 Å². The van der Waals surface area contributed by atoms with Crippen molar-refractivity contribution < 1.29 is 18.7 Å². The Bertz CT molecular complexity index is 868. The molecule has 0 fully saturated rings. The molecule has 25 heavy (non-hydrogen) atoms. The third-order valence-electron chi connectivity index (χ3n) is 3.20. The van der Waals surface area contributed by atoms with Gasteiger partial charge in [-0.25, -0.2) is 4.39 Å². The van der Waals surface area contributed by atoms with Crippen LogP contribution in [0.4, 0.5) is 9.52 Å². The molecule has 6 nitrogen and oxygen atoms in total. The molecule has 0 radical (unpaired) electrons. The summed E-state index contributed by atoms with van der Waals surface area (Å²) in [7, 11) is 1.54. The maximum atomic E-state index is 12.8. The van der Waals surface area contributed by atoms with E-state index in [0.29, 0.717) is 27.2 Å². The summed E-state index contributed by atoms with van der Waals surface area (Å²) in [6.45, 7) is 0.179.